The lowest BCUT2D eigenvalue weighted by molar-refractivity contribution is 0.111. The first-order valence-corrected chi connectivity index (χ1v) is 9.18. The van der Waals surface area contributed by atoms with E-state index in [2.05, 4.69) is 27.8 Å². The molecule has 1 unspecified atom stereocenters. The lowest BCUT2D eigenvalue weighted by Gasteiger charge is -2.38. The largest absolute Gasteiger partial charge is 0.303 e. The molecule has 2 aliphatic heterocycles. The molecule has 0 aliphatic carbocycles. The summed E-state index contributed by atoms with van der Waals surface area (Å²) in [5.74, 6) is 0.924. The summed E-state index contributed by atoms with van der Waals surface area (Å²) in [5, 5.41) is 0. The average molecular weight is 301 g/mol. The topological polar surface area (TPSA) is 19.4 Å². The van der Waals surface area contributed by atoms with E-state index >= 15 is 0 Å². The second-order valence-corrected chi connectivity index (χ2v) is 7.13. The van der Waals surface area contributed by atoms with Crippen molar-refractivity contribution in [1.82, 2.24) is 14.8 Å². The van der Waals surface area contributed by atoms with Gasteiger partial charge >= 0.3 is 0 Å². The smallest absolute Gasteiger partial charge is 0.0299 e. The van der Waals surface area contributed by atoms with Gasteiger partial charge in [-0.3, -0.25) is 4.98 Å². The summed E-state index contributed by atoms with van der Waals surface area (Å²) in [4.78, 5) is 9.59. The van der Waals surface area contributed by atoms with E-state index in [0.29, 0.717) is 0 Å². The zero-order chi connectivity index (χ0) is 15.2. The maximum atomic E-state index is 4.20. The normalized spacial score (nSPS) is 23.0. The molecule has 2 saturated heterocycles. The van der Waals surface area contributed by atoms with Gasteiger partial charge in [0.2, 0.25) is 0 Å². The van der Waals surface area contributed by atoms with E-state index in [1.165, 1.54) is 70.4 Å². The molecule has 0 spiro atoms. The highest BCUT2D eigenvalue weighted by Crippen LogP contribution is 2.26. The van der Waals surface area contributed by atoms with Crippen LogP contribution in [0.2, 0.25) is 0 Å². The van der Waals surface area contributed by atoms with Crippen LogP contribution in [0.15, 0.2) is 24.5 Å². The molecule has 0 bridgehead atoms. The molecule has 1 aromatic heterocycles. The summed E-state index contributed by atoms with van der Waals surface area (Å²) in [6.07, 6.45) is 11.9. The van der Waals surface area contributed by atoms with E-state index in [0.717, 1.165) is 18.4 Å². The van der Waals surface area contributed by atoms with Crippen molar-refractivity contribution in [2.45, 2.75) is 51.5 Å². The van der Waals surface area contributed by atoms with Gasteiger partial charge in [-0.2, -0.15) is 0 Å². The van der Waals surface area contributed by atoms with Crippen LogP contribution in [0.25, 0.3) is 0 Å². The Labute approximate surface area is 135 Å². The fourth-order valence-electron chi connectivity index (χ4n) is 4.16. The molecule has 0 radical (unpaired) electrons. The summed E-state index contributed by atoms with van der Waals surface area (Å²) < 4.78 is 0. The third kappa shape index (κ3) is 4.30. The minimum atomic E-state index is 0.806. The van der Waals surface area contributed by atoms with Crippen LogP contribution in [0.3, 0.4) is 0 Å². The number of nitrogens with zero attached hydrogens (tertiary/aromatic N) is 3. The summed E-state index contributed by atoms with van der Waals surface area (Å²) in [5.41, 5.74) is 1.38. The number of pyridine rings is 1. The van der Waals surface area contributed by atoms with Crippen molar-refractivity contribution in [1.29, 1.82) is 0 Å². The molecule has 2 aliphatic rings. The molecule has 0 saturated carbocycles. The lowest BCUT2D eigenvalue weighted by Crippen LogP contribution is -2.43. The van der Waals surface area contributed by atoms with Crippen LogP contribution in [0.5, 0.6) is 0 Å². The zero-order valence-electron chi connectivity index (χ0n) is 14.1. The van der Waals surface area contributed by atoms with Gasteiger partial charge < -0.3 is 9.80 Å². The Bertz CT molecular complexity index is 420. The van der Waals surface area contributed by atoms with Gasteiger partial charge in [-0.25, -0.2) is 0 Å². The highest BCUT2D eigenvalue weighted by molar-refractivity contribution is 5.08. The molecular formula is C19H31N3. The zero-order valence-corrected chi connectivity index (χ0v) is 14.1. The minimum absolute atomic E-state index is 0.806. The van der Waals surface area contributed by atoms with E-state index in [4.69, 9.17) is 0 Å². The minimum Gasteiger partial charge on any atom is -0.303 e. The Balaban J connectivity index is 1.35. The molecule has 1 aromatic rings. The molecule has 3 rings (SSSR count). The molecule has 22 heavy (non-hydrogen) atoms. The fraction of sp³-hybridized carbons (Fsp3) is 0.737. The van der Waals surface area contributed by atoms with Crippen LogP contribution < -0.4 is 0 Å². The average Bonchev–Trinajstić information content (AvgIpc) is 3.10. The standard InChI is InChI=1S/C19H31N3/c1-17(22-12-2-3-13-22)19-8-14-21(15-9-19)11-5-7-18-6-4-10-20-16-18/h4,6,10,16-17,19H,2-3,5,7-9,11-15H2,1H3. The van der Waals surface area contributed by atoms with Crippen LogP contribution in [-0.4, -0.2) is 53.5 Å². The molecule has 122 valence electrons. The van der Waals surface area contributed by atoms with Gasteiger partial charge in [0, 0.05) is 18.4 Å². The highest BCUT2D eigenvalue weighted by atomic mass is 15.2. The number of hydrogen-bond donors (Lipinski definition) is 0. The van der Waals surface area contributed by atoms with Crippen molar-refractivity contribution in [2.75, 3.05) is 32.7 Å². The van der Waals surface area contributed by atoms with E-state index in [9.17, 15) is 0 Å². The van der Waals surface area contributed by atoms with Crippen LogP contribution in [0.1, 0.15) is 44.6 Å². The van der Waals surface area contributed by atoms with Crippen LogP contribution in [0, 0.1) is 5.92 Å². The Kier molecular flexibility index (Phi) is 5.85. The van der Waals surface area contributed by atoms with Crippen molar-refractivity contribution in [3.05, 3.63) is 30.1 Å². The third-order valence-corrected chi connectivity index (χ3v) is 5.69. The van der Waals surface area contributed by atoms with Gasteiger partial charge in [0.25, 0.3) is 0 Å². The number of rotatable bonds is 6. The van der Waals surface area contributed by atoms with E-state index in [1.54, 1.807) is 0 Å². The summed E-state index contributed by atoms with van der Waals surface area (Å²) >= 11 is 0. The van der Waals surface area contributed by atoms with Gasteiger partial charge in [0.1, 0.15) is 0 Å². The van der Waals surface area contributed by atoms with Crippen LogP contribution in [-0.2, 0) is 6.42 Å². The Morgan fingerprint density at radius 1 is 1.18 bits per heavy atom. The quantitative estimate of drug-likeness (QED) is 0.804. The maximum absolute atomic E-state index is 4.20. The molecule has 3 heteroatoms. The van der Waals surface area contributed by atoms with Gasteiger partial charge in [-0.15, -0.1) is 0 Å². The van der Waals surface area contributed by atoms with Crippen LogP contribution in [0.4, 0.5) is 0 Å². The fourth-order valence-corrected chi connectivity index (χ4v) is 4.16. The van der Waals surface area contributed by atoms with Crippen molar-refractivity contribution < 1.29 is 0 Å². The number of aryl methyl sites for hydroxylation is 1. The lowest BCUT2D eigenvalue weighted by atomic mass is 9.89. The number of piperidine rings is 1. The molecule has 3 nitrogen and oxygen atoms in total. The first-order chi connectivity index (χ1) is 10.8. The number of hydrogen-bond acceptors (Lipinski definition) is 3. The van der Waals surface area contributed by atoms with Crippen molar-refractivity contribution in [2.24, 2.45) is 5.92 Å². The monoisotopic (exact) mass is 301 g/mol. The molecule has 1 atom stereocenters. The van der Waals surface area contributed by atoms with Crippen molar-refractivity contribution >= 4 is 0 Å². The predicted molar refractivity (Wildman–Crippen MR) is 92.0 cm³/mol. The Hall–Kier alpha value is -0.930. The second kappa shape index (κ2) is 8.07. The summed E-state index contributed by atoms with van der Waals surface area (Å²) in [6, 6.07) is 5.04. The molecule has 0 aromatic carbocycles. The third-order valence-electron chi connectivity index (χ3n) is 5.69. The van der Waals surface area contributed by atoms with Gasteiger partial charge in [-0.05, 0) is 95.7 Å². The number of aromatic nitrogens is 1. The first-order valence-electron chi connectivity index (χ1n) is 9.18. The van der Waals surface area contributed by atoms with Gasteiger partial charge in [0.05, 0.1) is 0 Å². The van der Waals surface area contributed by atoms with Crippen molar-refractivity contribution in [3.8, 4) is 0 Å². The second-order valence-electron chi connectivity index (χ2n) is 7.13. The summed E-state index contributed by atoms with van der Waals surface area (Å²) in [6.45, 7) is 9.00. The van der Waals surface area contributed by atoms with Crippen molar-refractivity contribution in [3.63, 3.8) is 0 Å². The Morgan fingerprint density at radius 3 is 2.64 bits per heavy atom. The molecule has 2 fully saturated rings. The first kappa shape index (κ1) is 15.9. The maximum Gasteiger partial charge on any atom is 0.0299 e. The molecule has 0 N–H and O–H groups in total. The van der Waals surface area contributed by atoms with Gasteiger partial charge in [0.15, 0.2) is 0 Å². The van der Waals surface area contributed by atoms with E-state index in [1.807, 2.05) is 18.5 Å². The summed E-state index contributed by atoms with van der Waals surface area (Å²) in [7, 11) is 0. The van der Waals surface area contributed by atoms with Gasteiger partial charge in [-0.1, -0.05) is 6.07 Å². The SMILES string of the molecule is CC(C1CCN(CCCc2cccnc2)CC1)N1CCCC1. The van der Waals surface area contributed by atoms with Crippen LogP contribution >= 0.6 is 0 Å². The molecular weight excluding hydrogens is 270 g/mol. The molecule has 3 heterocycles. The molecule has 0 amide bonds. The highest BCUT2D eigenvalue weighted by Gasteiger charge is 2.28. The van der Waals surface area contributed by atoms with E-state index in [-0.39, 0.29) is 0 Å². The van der Waals surface area contributed by atoms with E-state index < -0.39 is 0 Å². The number of likely N-dealkylation sites (tertiary alicyclic amines) is 2. The Morgan fingerprint density at radius 2 is 1.95 bits per heavy atom. The predicted octanol–water partition coefficient (Wildman–Crippen LogP) is 3.21.